The topological polar surface area (TPSA) is 55.4 Å². The van der Waals surface area contributed by atoms with E-state index in [1.54, 1.807) is 0 Å². The number of carbonyl (C=O) groups is 2. The van der Waals surface area contributed by atoms with Crippen LogP contribution in [0.1, 0.15) is 58.8 Å². The molecule has 1 amide bonds. The van der Waals surface area contributed by atoms with Crippen LogP contribution in [0.3, 0.4) is 0 Å². The molecule has 0 aromatic heterocycles. The van der Waals surface area contributed by atoms with Gasteiger partial charge in [-0.15, -0.1) is 0 Å². The third-order valence-corrected chi connectivity index (χ3v) is 9.00. The van der Waals surface area contributed by atoms with Crippen LogP contribution in [0.2, 0.25) is 0 Å². The minimum atomic E-state index is -4.39. The molecule has 0 heterocycles. The zero-order chi connectivity index (χ0) is 22.6. The summed E-state index contributed by atoms with van der Waals surface area (Å²) in [6, 6.07) is 0. The summed E-state index contributed by atoms with van der Waals surface area (Å²) in [6.45, 7) is 3.16. The Balaban J connectivity index is 1.55. The maximum absolute atomic E-state index is 12.7. The van der Waals surface area contributed by atoms with Crippen molar-refractivity contribution >= 4 is 11.9 Å². The molecule has 4 nitrogen and oxygen atoms in total. The van der Waals surface area contributed by atoms with Gasteiger partial charge in [0.15, 0.2) is 0 Å². The van der Waals surface area contributed by atoms with Gasteiger partial charge >= 0.3 is 12.1 Å². The monoisotopic (exact) mass is 439 g/mol. The van der Waals surface area contributed by atoms with Crippen LogP contribution in [-0.2, 0) is 14.3 Å². The van der Waals surface area contributed by atoms with Gasteiger partial charge < -0.3 is 10.1 Å². The lowest BCUT2D eigenvalue weighted by molar-refractivity contribution is -0.144. The number of allylic oxidation sites excluding steroid dienone is 3. The molecular weight excluding hydrogens is 407 g/mol. The van der Waals surface area contributed by atoms with Crippen LogP contribution in [0.5, 0.6) is 0 Å². The van der Waals surface area contributed by atoms with E-state index in [9.17, 15) is 22.8 Å². The summed E-state index contributed by atoms with van der Waals surface area (Å²) in [5, 5.41) is 2.14. The van der Waals surface area contributed by atoms with Gasteiger partial charge in [-0.2, -0.15) is 13.2 Å². The lowest BCUT2D eigenvalue weighted by Gasteiger charge is -2.57. The summed E-state index contributed by atoms with van der Waals surface area (Å²) in [4.78, 5) is 24.7. The van der Waals surface area contributed by atoms with E-state index in [4.69, 9.17) is 4.74 Å². The molecule has 0 aromatic rings. The van der Waals surface area contributed by atoms with Crippen molar-refractivity contribution in [3.05, 3.63) is 23.3 Å². The summed E-state index contributed by atoms with van der Waals surface area (Å²) in [7, 11) is 1.41. The Hall–Kier alpha value is -1.79. The van der Waals surface area contributed by atoms with Gasteiger partial charge in [-0.1, -0.05) is 19.9 Å². The Labute approximate surface area is 181 Å². The summed E-state index contributed by atoms with van der Waals surface area (Å²) in [5.41, 5.74) is 1.70. The Kier molecular flexibility index (Phi) is 5.54. The van der Waals surface area contributed by atoms with Crippen LogP contribution in [0, 0.1) is 34.5 Å². The number of rotatable bonds is 3. The van der Waals surface area contributed by atoms with Crippen molar-refractivity contribution in [2.24, 2.45) is 34.5 Å². The molecule has 2 fully saturated rings. The number of ether oxygens (including phenoxy) is 1. The molecule has 1 N–H and O–H groups in total. The Morgan fingerprint density at radius 1 is 1.16 bits per heavy atom. The van der Waals surface area contributed by atoms with Crippen LogP contribution in [-0.4, -0.2) is 31.7 Å². The lowest BCUT2D eigenvalue weighted by Crippen LogP contribution is -2.51. The molecule has 4 aliphatic rings. The van der Waals surface area contributed by atoms with Crippen molar-refractivity contribution in [1.82, 2.24) is 5.32 Å². The first-order valence-electron chi connectivity index (χ1n) is 11.3. The third-order valence-electron chi connectivity index (χ3n) is 9.00. The van der Waals surface area contributed by atoms with Crippen LogP contribution in [0.4, 0.5) is 13.2 Å². The number of fused-ring (bicyclic) bond motifs is 5. The van der Waals surface area contributed by atoms with E-state index in [2.05, 4.69) is 25.2 Å². The molecule has 0 bridgehead atoms. The van der Waals surface area contributed by atoms with Gasteiger partial charge in [0.05, 0.1) is 7.11 Å². The molecule has 0 unspecified atom stereocenters. The number of hydrogen-bond donors (Lipinski definition) is 1. The summed E-state index contributed by atoms with van der Waals surface area (Å²) in [5.74, 6) is 0.191. The fourth-order valence-electron chi connectivity index (χ4n) is 7.36. The zero-order valence-corrected chi connectivity index (χ0v) is 18.5. The maximum atomic E-state index is 12.7. The maximum Gasteiger partial charge on any atom is 0.405 e. The van der Waals surface area contributed by atoms with Crippen molar-refractivity contribution in [2.75, 3.05) is 13.7 Å². The number of halogens is 3. The van der Waals surface area contributed by atoms with E-state index >= 15 is 0 Å². The average molecular weight is 440 g/mol. The third kappa shape index (κ3) is 3.72. The highest BCUT2D eigenvalue weighted by molar-refractivity contribution is 5.89. The summed E-state index contributed by atoms with van der Waals surface area (Å²) in [6.07, 6.45) is 5.77. The number of hydrogen-bond acceptors (Lipinski definition) is 3. The van der Waals surface area contributed by atoms with E-state index in [0.717, 1.165) is 37.7 Å². The quantitative estimate of drug-likeness (QED) is 0.633. The first kappa shape index (κ1) is 22.4. The molecule has 2 saturated carbocycles. The fraction of sp³-hybridized carbons (Fsp3) is 0.750. The van der Waals surface area contributed by atoms with E-state index in [1.807, 2.05) is 6.08 Å². The number of amides is 1. The van der Waals surface area contributed by atoms with Crippen LogP contribution in [0.25, 0.3) is 0 Å². The molecule has 31 heavy (non-hydrogen) atoms. The van der Waals surface area contributed by atoms with Gasteiger partial charge in [-0.05, 0) is 85.2 Å². The lowest BCUT2D eigenvalue weighted by atomic mass is 9.48. The number of methoxy groups -OCH3 is 1. The van der Waals surface area contributed by atoms with E-state index in [1.165, 1.54) is 12.7 Å². The number of esters is 1. The molecule has 4 aliphatic carbocycles. The molecule has 0 radical (unpaired) electrons. The second-order valence-electron chi connectivity index (χ2n) is 10.4. The highest BCUT2D eigenvalue weighted by Crippen LogP contribution is 2.66. The molecule has 0 spiro atoms. The Bertz CT molecular complexity index is 832. The van der Waals surface area contributed by atoms with Crippen molar-refractivity contribution in [2.45, 2.75) is 65.0 Å². The zero-order valence-electron chi connectivity index (χ0n) is 18.5. The summed E-state index contributed by atoms with van der Waals surface area (Å²) < 4.78 is 42.7. The number of carbonyl (C=O) groups excluding carboxylic acids is 2. The molecule has 0 saturated heterocycles. The van der Waals surface area contributed by atoms with Crippen molar-refractivity contribution in [1.29, 1.82) is 0 Å². The predicted molar refractivity (Wildman–Crippen MR) is 110 cm³/mol. The SMILES string of the molecule is COC(=O)C1=CC2=CC[C@H]3[C@@H]4CC[C@H](C(=O)NCC(F)(F)F)[C@@]4(C)CC[C@@H]3[C@@]2(C)CC1. The molecule has 4 rings (SSSR count). The van der Waals surface area contributed by atoms with Gasteiger partial charge in [-0.3, -0.25) is 4.79 Å². The molecule has 6 atom stereocenters. The van der Waals surface area contributed by atoms with E-state index in [-0.39, 0.29) is 22.7 Å². The fourth-order valence-corrected chi connectivity index (χ4v) is 7.36. The van der Waals surface area contributed by atoms with E-state index < -0.39 is 18.6 Å². The van der Waals surface area contributed by atoms with Gasteiger partial charge in [0.2, 0.25) is 5.91 Å². The highest BCUT2D eigenvalue weighted by Gasteiger charge is 2.59. The minimum Gasteiger partial charge on any atom is -0.466 e. The van der Waals surface area contributed by atoms with Gasteiger partial charge in [0.1, 0.15) is 6.54 Å². The van der Waals surface area contributed by atoms with Crippen molar-refractivity contribution in [3.8, 4) is 0 Å². The van der Waals surface area contributed by atoms with Crippen LogP contribution >= 0.6 is 0 Å². The first-order valence-corrected chi connectivity index (χ1v) is 11.3. The molecule has 172 valence electrons. The smallest absolute Gasteiger partial charge is 0.405 e. The second-order valence-corrected chi connectivity index (χ2v) is 10.4. The van der Waals surface area contributed by atoms with Gasteiger partial charge in [0, 0.05) is 11.5 Å². The molecule has 7 heteroatoms. The Morgan fingerprint density at radius 2 is 1.90 bits per heavy atom. The predicted octanol–water partition coefficient (Wildman–Crippen LogP) is 4.95. The first-order chi connectivity index (χ1) is 14.5. The highest BCUT2D eigenvalue weighted by atomic mass is 19.4. The Morgan fingerprint density at radius 3 is 2.58 bits per heavy atom. The second kappa shape index (κ2) is 7.66. The van der Waals surface area contributed by atoms with Crippen molar-refractivity contribution < 1.29 is 27.5 Å². The van der Waals surface area contributed by atoms with Crippen LogP contribution in [0.15, 0.2) is 23.3 Å². The number of alkyl halides is 3. The molecule has 0 aromatic carbocycles. The average Bonchev–Trinajstić information content (AvgIpc) is 3.07. The van der Waals surface area contributed by atoms with Crippen LogP contribution < -0.4 is 5.32 Å². The van der Waals surface area contributed by atoms with Gasteiger partial charge in [0.25, 0.3) is 0 Å². The minimum absolute atomic E-state index is 0.00159. The van der Waals surface area contributed by atoms with Crippen molar-refractivity contribution in [3.63, 3.8) is 0 Å². The summed E-state index contributed by atoms with van der Waals surface area (Å²) >= 11 is 0. The number of nitrogens with one attached hydrogen (secondary N) is 1. The normalized spacial score (nSPS) is 39.4. The van der Waals surface area contributed by atoms with Gasteiger partial charge in [-0.25, -0.2) is 4.79 Å². The molecular formula is C24H32F3NO3. The van der Waals surface area contributed by atoms with E-state index in [0.29, 0.717) is 30.6 Å². The molecule has 0 aliphatic heterocycles. The largest absolute Gasteiger partial charge is 0.466 e. The standard InChI is InChI=1S/C24H32F3NO3/c1-22-10-8-14(21(30)31-3)12-15(22)4-5-16-17-6-7-19(20(29)28-13-24(25,26)27)23(17,2)11-9-18(16)22/h4,12,16-19H,5-11,13H2,1-3H3,(H,28,29)/t16-,17-,18-,19+,22-,23-/m0/s1.